The van der Waals surface area contributed by atoms with E-state index in [2.05, 4.69) is 15.5 Å². The van der Waals surface area contributed by atoms with Crippen LogP contribution < -0.4 is 0 Å². The number of carbonyl (C=O) groups excluding carboxylic acids is 1. The van der Waals surface area contributed by atoms with Gasteiger partial charge < -0.3 is 4.90 Å². The first kappa shape index (κ1) is 15.2. The predicted octanol–water partition coefficient (Wildman–Crippen LogP) is 2.59. The molecule has 3 rings (SSSR count). The Morgan fingerprint density at radius 2 is 1.83 bits per heavy atom. The molecule has 23 heavy (non-hydrogen) atoms. The molecule has 0 spiro atoms. The standard InChI is InChI=1S/C16H14ClN5O/c1-21(10-12-2-6-14(17)7-3-12)16(23)13-4-8-15(9-5-13)22-11-18-19-20-22/h2-9,11H,10H2,1H3. The molecule has 6 nitrogen and oxygen atoms in total. The van der Waals surface area contributed by atoms with Gasteiger partial charge in [-0.05, 0) is 52.4 Å². The first-order chi connectivity index (χ1) is 11.1. The fourth-order valence-corrected chi connectivity index (χ4v) is 2.32. The first-order valence-electron chi connectivity index (χ1n) is 6.97. The van der Waals surface area contributed by atoms with Crippen molar-refractivity contribution in [1.82, 2.24) is 25.1 Å². The van der Waals surface area contributed by atoms with E-state index in [1.165, 1.54) is 11.0 Å². The zero-order valence-electron chi connectivity index (χ0n) is 12.4. The van der Waals surface area contributed by atoms with Crippen molar-refractivity contribution in [2.24, 2.45) is 0 Å². The van der Waals surface area contributed by atoms with Crippen LogP contribution in [0.1, 0.15) is 15.9 Å². The molecule has 0 N–H and O–H groups in total. The molecule has 1 amide bonds. The van der Waals surface area contributed by atoms with E-state index in [0.717, 1.165) is 11.3 Å². The van der Waals surface area contributed by atoms with Gasteiger partial charge >= 0.3 is 0 Å². The maximum atomic E-state index is 12.5. The van der Waals surface area contributed by atoms with E-state index in [4.69, 9.17) is 11.6 Å². The third-order valence-corrected chi connectivity index (χ3v) is 3.66. The minimum absolute atomic E-state index is 0.0526. The van der Waals surface area contributed by atoms with E-state index in [1.807, 2.05) is 24.3 Å². The molecule has 0 aliphatic carbocycles. The quantitative estimate of drug-likeness (QED) is 0.739. The van der Waals surface area contributed by atoms with Crippen LogP contribution in [0.3, 0.4) is 0 Å². The summed E-state index contributed by atoms with van der Waals surface area (Å²) in [7, 11) is 1.77. The molecule has 0 saturated carbocycles. The van der Waals surface area contributed by atoms with Gasteiger partial charge in [-0.15, -0.1) is 5.10 Å². The summed E-state index contributed by atoms with van der Waals surface area (Å²) in [5, 5.41) is 11.7. The topological polar surface area (TPSA) is 63.9 Å². The molecular formula is C16H14ClN5O. The lowest BCUT2D eigenvalue weighted by molar-refractivity contribution is 0.0785. The van der Waals surface area contributed by atoms with Crippen LogP contribution >= 0.6 is 11.6 Å². The summed E-state index contributed by atoms with van der Waals surface area (Å²) in [4.78, 5) is 14.1. The minimum atomic E-state index is -0.0526. The molecule has 1 heterocycles. The fourth-order valence-electron chi connectivity index (χ4n) is 2.19. The Kier molecular flexibility index (Phi) is 4.34. The average Bonchev–Trinajstić information content (AvgIpc) is 3.11. The number of tetrazole rings is 1. The summed E-state index contributed by atoms with van der Waals surface area (Å²) in [5.74, 6) is -0.0526. The summed E-state index contributed by atoms with van der Waals surface area (Å²) in [6.45, 7) is 0.519. The van der Waals surface area contributed by atoms with Gasteiger partial charge in [-0.1, -0.05) is 23.7 Å². The molecule has 0 bridgehead atoms. The molecule has 0 aliphatic heterocycles. The minimum Gasteiger partial charge on any atom is -0.337 e. The Bertz CT molecular complexity index is 784. The molecule has 2 aromatic carbocycles. The lowest BCUT2D eigenvalue weighted by Gasteiger charge is -2.17. The van der Waals surface area contributed by atoms with Crippen LogP contribution in [0.25, 0.3) is 5.69 Å². The van der Waals surface area contributed by atoms with E-state index in [-0.39, 0.29) is 5.91 Å². The molecule has 0 unspecified atom stereocenters. The molecule has 7 heteroatoms. The molecule has 0 aliphatic rings. The Morgan fingerprint density at radius 3 is 2.43 bits per heavy atom. The second-order valence-corrected chi connectivity index (χ2v) is 5.53. The summed E-state index contributed by atoms with van der Waals surface area (Å²) in [6.07, 6.45) is 1.50. The van der Waals surface area contributed by atoms with E-state index >= 15 is 0 Å². The molecule has 116 valence electrons. The molecular weight excluding hydrogens is 314 g/mol. The predicted molar refractivity (Wildman–Crippen MR) is 86.4 cm³/mol. The van der Waals surface area contributed by atoms with E-state index < -0.39 is 0 Å². The van der Waals surface area contributed by atoms with Crippen molar-refractivity contribution in [2.75, 3.05) is 7.05 Å². The second-order valence-electron chi connectivity index (χ2n) is 5.09. The summed E-state index contributed by atoms with van der Waals surface area (Å²) in [6, 6.07) is 14.6. The number of amides is 1. The van der Waals surface area contributed by atoms with Crippen LogP contribution in [0, 0.1) is 0 Å². The Labute approximate surface area is 138 Å². The number of benzene rings is 2. The lowest BCUT2D eigenvalue weighted by atomic mass is 10.1. The van der Waals surface area contributed by atoms with Crippen molar-refractivity contribution in [3.63, 3.8) is 0 Å². The fraction of sp³-hybridized carbons (Fsp3) is 0.125. The van der Waals surface area contributed by atoms with Crippen LogP contribution in [0.5, 0.6) is 0 Å². The van der Waals surface area contributed by atoms with E-state index in [9.17, 15) is 4.79 Å². The van der Waals surface area contributed by atoms with Gasteiger partial charge in [-0.2, -0.15) is 0 Å². The number of aromatic nitrogens is 4. The smallest absolute Gasteiger partial charge is 0.253 e. The van der Waals surface area contributed by atoms with Crippen molar-refractivity contribution < 1.29 is 4.79 Å². The Balaban J connectivity index is 1.70. The largest absolute Gasteiger partial charge is 0.337 e. The van der Waals surface area contributed by atoms with Crippen LogP contribution in [0.4, 0.5) is 0 Å². The Morgan fingerprint density at radius 1 is 1.13 bits per heavy atom. The molecule has 3 aromatic rings. The van der Waals surface area contributed by atoms with Crippen LogP contribution in [0.15, 0.2) is 54.9 Å². The highest BCUT2D eigenvalue weighted by molar-refractivity contribution is 6.30. The molecule has 1 aromatic heterocycles. The zero-order valence-corrected chi connectivity index (χ0v) is 13.2. The highest BCUT2D eigenvalue weighted by Crippen LogP contribution is 2.14. The van der Waals surface area contributed by atoms with Crippen molar-refractivity contribution in [2.45, 2.75) is 6.54 Å². The zero-order chi connectivity index (χ0) is 16.2. The second kappa shape index (κ2) is 6.58. The summed E-state index contributed by atoms with van der Waals surface area (Å²) in [5.41, 5.74) is 2.43. The molecule has 0 saturated heterocycles. The van der Waals surface area contributed by atoms with Crippen LogP contribution in [-0.2, 0) is 6.54 Å². The maximum Gasteiger partial charge on any atom is 0.253 e. The van der Waals surface area contributed by atoms with Crippen LogP contribution in [-0.4, -0.2) is 38.1 Å². The van der Waals surface area contributed by atoms with Gasteiger partial charge in [0, 0.05) is 24.2 Å². The number of hydrogen-bond donors (Lipinski definition) is 0. The maximum absolute atomic E-state index is 12.5. The number of nitrogens with zero attached hydrogens (tertiary/aromatic N) is 5. The van der Waals surface area contributed by atoms with Gasteiger partial charge in [-0.3, -0.25) is 4.79 Å². The monoisotopic (exact) mass is 327 g/mol. The van der Waals surface area contributed by atoms with E-state index in [1.54, 1.807) is 36.2 Å². The van der Waals surface area contributed by atoms with Crippen LogP contribution in [0.2, 0.25) is 5.02 Å². The Hall–Kier alpha value is -2.73. The number of halogens is 1. The highest BCUT2D eigenvalue weighted by Gasteiger charge is 2.12. The van der Waals surface area contributed by atoms with Gasteiger partial charge in [-0.25, -0.2) is 4.68 Å². The SMILES string of the molecule is CN(Cc1ccc(Cl)cc1)C(=O)c1ccc(-n2cnnn2)cc1. The van der Waals surface area contributed by atoms with E-state index in [0.29, 0.717) is 17.1 Å². The first-order valence-corrected chi connectivity index (χ1v) is 7.34. The molecule has 0 radical (unpaired) electrons. The van der Waals surface area contributed by atoms with Gasteiger partial charge in [0.2, 0.25) is 0 Å². The highest BCUT2D eigenvalue weighted by atomic mass is 35.5. The number of hydrogen-bond acceptors (Lipinski definition) is 4. The number of carbonyl (C=O) groups is 1. The third-order valence-electron chi connectivity index (χ3n) is 3.41. The average molecular weight is 328 g/mol. The summed E-state index contributed by atoms with van der Waals surface area (Å²) < 4.78 is 1.53. The molecule has 0 atom stereocenters. The van der Waals surface area contributed by atoms with Crippen molar-refractivity contribution in [1.29, 1.82) is 0 Å². The van der Waals surface area contributed by atoms with Crippen molar-refractivity contribution in [3.8, 4) is 5.69 Å². The number of rotatable bonds is 4. The molecule has 0 fully saturated rings. The van der Waals surface area contributed by atoms with Crippen molar-refractivity contribution in [3.05, 3.63) is 71.0 Å². The van der Waals surface area contributed by atoms with Crippen molar-refractivity contribution >= 4 is 17.5 Å². The van der Waals surface area contributed by atoms with Gasteiger partial charge in [0.15, 0.2) is 0 Å². The summed E-state index contributed by atoms with van der Waals surface area (Å²) >= 11 is 5.87. The van der Waals surface area contributed by atoms with Gasteiger partial charge in [0.1, 0.15) is 6.33 Å². The third kappa shape index (κ3) is 3.54. The normalized spacial score (nSPS) is 10.5. The lowest BCUT2D eigenvalue weighted by Crippen LogP contribution is -2.26. The van der Waals surface area contributed by atoms with Gasteiger partial charge in [0.25, 0.3) is 5.91 Å². The van der Waals surface area contributed by atoms with Gasteiger partial charge in [0.05, 0.1) is 5.69 Å².